The maximum atomic E-state index is 11.2. The summed E-state index contributed by atoms with van der Waals surface area (Å²) in [6, 6.07) is 9.71. The lowest BCUT2D eigenvalue weighted by atomic mass is 10.2. The standard InChI is InChI=1S/C12H11BrN2O2/c1-8-10(13)11(15-12(16)14-8)17-7-9-5-3-2-4-6-9/h2-6H,7H2,1H3,(H,14,15,16). The fourth-order valence-electron chi connectivity index (χ4n) is 1.37. The molecule has 1 aromatic carbocycles. The average Bonchev–Trinajstić information content (AvgIpc) is 2.33. The zero-order chi connectivity index (χ0) is 12.3. The van der Waals surface area contributed by atoms with Crippen LogP contribution in [0.15, 0.2) is 39.6 Å². The molecule has 0 bridgehead atoms. The van der Waals surface area contributed by atoms with Crippen molar-refractivity contribution >= 4 is 15.9 Å². The predicted octanol–water partition coefficient (Wildman–Crippen LogP) is 2.42. The number of hydrogen-bond donors (Lipinski definition) is 1. The third kappa shape index (κ3) is 2.94. The number of aromatic amines is 1. The summed E-state index contributed by atoms with van der Waals surface area (Å²) in [5.74, 6) is 0.315. The number of aryl methyl sites for hydroxylation is 1. The highest BCUT2D eigenvalue weighted by molar-refractivity contribution is 9.10. The van der Waals surface area contributed by atoms with E-state index in [0.29, 0.717) is 22.7 Å². The summed E-state index contributed by atoms with van der Waals surface area (Å²) in [7, 11) is 0. The van der Waals surface area contributed by atoms with Gasteiger partial charge in [0.25, 0.3) is 0 Å². The van der Waals surface area contributed by atoms with Crippen molar-refractivity contribution in [2.24, 2.45) is 0 Å². The van der Waals surface area contributed by atoms with Crippen LogP contribution < -0.4 is 10.4 Å². The summed E-state index contributed by atoms with van der Waals surface area (Å²) in [6.07, 6.45) is 0. The summed E-state index contributed by atoms with van der Waals surface area (Å²) in [5, 5.41) is 0. The quantitative estimate of drug-likeness (QED) is 0.946. The molecular formula is C12H11BrN2O2. The molecule has 2 aromatic rings. The van der Waals surface area contributed by atoms with E-state index < -0.39 is 5.69 Å². The Hall–Kier alpha value is -1.62. The molecule has 0 spiro atoms. The Bertz CT molecular complexity index is 566. The zero-order valence-corrected chi connectivity index (χ0v) is 10.8. The summed E-state index contributed by atoms with van der Waals surface area (Å²) in [6.45, 7) is 2.16. The van der Waals surface area contributed by atoms with Crippen molar-refractivity contribution < 1.29 is 4.74 Å². The fourth-order valence-corrected chi connectivity index (χ4v) is 1.67. The second-order valence-corrected chi connectivity index (χ2v) is 4.35. The van der Waals surface area contributed by atoms with Crippen molar-refractivity contribution in [3.05, 3.63) is 56.5 Å². The first-order chi connectivity index (χ1) is 8.16. The number of nitrogens with zero attached hydrogens (tertiary/aromatic N) is 1. The van der Waals surface area contributed by atoms with Crippen molar-refractivity contribution in [2.45, 2.75) is 13.5 Å². The predicted molar refractivity (Wildman–Crippen MR) is 68.1 cm³/mol. The lowest BCUT2D eigenvalue weighted by Gasteiger charge is -2.07. The summed E-state index contributed by atoms with van der Waals surface area (Å²) >= 11 is 3.33. The van der Waals surface area contributed by atoms with E-state index in [0.717, 1.165) is 5.56 Å². The number of halogens is 1. The molecule has 0 radical (unpaired) electrons. The van der Waals surface area contributed by atoms with Crippen LogP contribution >= 0.6 is 15.9 Å². The van der Waals surface area contributed by atoms with E-state index in [1.165, 1.54) is 0 Å². The lowest BCUT2D eigenvalue weighted by Crippen LogP contribution is -2.14. The number of H-pyrrole nitrogens is 1. The smallest absolute Gasteiger partial charge is 0.348 e. The van der Waals surface area contributed by atoms with E-state index >= 15 is 0 Å². The molecule has 2 rings (SSSR count). The first kappa shape index (κ1) is 11.9. The largest absolute Gasteiger partial charge is 0.472 e. The Morgan fingerprint density at radius 1 is 1.35 bits per heavy atom. The Balaban J connectivity index is 2.17. The van der Waals surface area contributed by atoms with E-state index in [1.807, 2.05) is 30.3 Å². The first-order valence-corrected chi connectivity index (χ1v) is 5.89. The second-order valence-electron chi connectivity index (χ2n) is 3.56. The van der Waals surface area contributed by atoms with E-state index in [9.17, 15) is 4.79 Å². The molecule has 0 aliphatic heterocycles. The Morgan fingerprint density at radius 2 is 2.06 bits per heavy atom. The summed E-state index contributed by atoms with van der Waals surface area (Å²) in [4.78, 5) is 17.6. The van der Waals surface area contributed by atoms with Gasteiger partial charge in [-0.15, -0.1) is 0 Å². The van der Waals surface area contributed by atoms with Crippen LogP contribution in [0.5, 0.6) is 5.88 Å². The molecule has 0 saturated heterocycles. The van der Waals surface area contributed by atoms with Gasteiger partial charge in [0.15, 0.2) is 0 Å². The first-order valence-electron chi connectivity index (χ1n) is 5.10. The number of rotatable bonds is 3. The van der Waals surface area contributed by atoms with Crippen molar-refractivity contribution in [3.63, 3.8) is 0 Å². The van der Waals surface area contributed by atoms with Gasteiger partial charge in [-0.2, -0.15) is 4.98 Å². The van der Waals surface area contributed by atoms with E-state index in [4.69, 9.17) is 4.74 Å². The van der Waals surface area contributed by atoms with Crippen LogP contribution in [0.3, 0.4) is 0 Å². The molecular weight excluding hydrogens is 284 g/mol. The third-order valence-corrected chi connectivity index (χ3v) is 3.17. The Morgan fingerprint density at radius 3 is 2.76 bits per heavy atom. The number of nitrogens with one attached hydrogen (secondary N) is 1. The van der Waals surface area contributed by atoms with E-state index in [-0.39, 0.29) is 0 Å². The maximum Gasteiger partial charge on any atom is 0.348 e. The van der Waals surface area contributed by atoms with Crippen molar-refractivity contribution in [1.29, 1.82) is 0 Å². The summed E-state index contributed by atoms with van der Waals surface area (Å²) < 4.78 is 6.18. The number of aromatic nitrogens is 2. The van der Waals surface area contributed by atoms with Crippen molar-refractivity contribution in [2.75, 3.05) is 0 Å². The minimum Gasteiger partial charge on any atom is -0.472 e. The van der Waals surface area contributed by atoms with Crippen LogP contribution in [-0.2, 0) is 6.61 Å². The van der Waals surface area contributed by atoms with Gasteiger partial charge in [-0.05, 0) is 28.4 Å². The van der Waals surface area contributed by atoms with Crippen molar-refractivity contribution in [1.82, 2.24) is 9.97 Å². The normalized spacial score (nSPS) is 10.2. The molecule has 0 amide bonds. The van der Waals surface area contributed by atoms with E-state index in [2.05, 4.69) is 25.9 Å². The molecule has 0 atom stereocenters. The van der Waals surface area contributed by atoms with Gasteiger partial charge in [0.1, 0.15) is 6.61 Å². The van der Waals surface area contributed by atoms with Gasteiger partial charge in [0, 0.05) is 5.69 Å². The minimum absolute atomic E-state index is 0.315. The molecule has 0 aliphatic carbocycles. The van der Waals surface area contributed by atoms with Gasteiger partial charge in [0.05, 0.1) is 4.47 Å². The van der Waals surface area contributed by atoms with Gasteiger partial charge < -0.3 is 9.72 Å². The number of benzene rings is 1. The monoisotopic (exact) mass is 294 g/mol. The molecule has 0 unspecified atom stereocenters. The second kappa shape index (κ2) is 5.14. The lowest BCUT2D eigenvalue weighted by molar-refractivity contribution is 0.289. The minimum atomic E-state index is -0.409. The summed E-state index contributed by atoms with van der Waals surface area (Å²) in [5.41, 5.74) is 1.32. The molecule has 0 saturated carbocycles. The van der Waals surface area contributed by atoms with Crippen LogP contribution in [-0.4, -0.2) is 9.97 Å². The molecule has 88 valence electrons. The highest BCUT2D eigenvalue weighted by Crippen LogP contribution is 2.23. The molecule has 1 heterocycles. The topological polar surface area (TPSA) is 55.0 Å². The Labute approximate surface area is 107 Å². The number of ether oxygens (including phenoxy) is 1. The van der Waals surface area contributed by atoms with Crippen LogP contribution in [0, 0.1) is 6.92 Å². The number of hydrogen-bond acceptors (Lipinski definition) is 3. The molecule has 0 aliphatic rings. The molecule has 0 fully saturated rings. The average molecular weight is 295 g/mol. The molecule has 5 heteroatoms. The van der Waals surface area contributed by atoms with Crippen LogP contribution in [0.4, 0.5) is 0 Å². The van der Waals surface area contributed by atoms with Gasteiger partial charge in [0.2, 0.25) is 5.88 Å². The zero-order valence-electron chi connectivity index (χ0n) is 9.24. The van der Waals surface area contributed by atoms with Gasteiger partial charge >= 0.3 is 5.69 Å². The highest BCUT2D eigenvalue weighted by Gasteiger charge is 2.07. The van der Waals surface area contributed by atoms with E-state index in [1.54, 1.807) is 6.92 Å². The highest BCUT2D eigenvalue weighted by atomic mass is 79.9. The maximum absolute atomic E-state index is 11.2. The fraction of sp³-hybridized carbons (Fsp3) is 0.167. The van der Waals surface area contributed by atoms with Gasteiger partial charge in [-0.3, -0.25) is 0 Å². The molecule has 4 nitrogen and oxygen atoms in total. The molecule has 1 N–H and O–H groups in total. The molecule has 1 aromatic heterocycles. The van der Waals surface area contributed by atoms with Gasteiger partial charge in [-0.25, -0.2) is 4.79 Å². The molecule has 17 heavy (non-hydrogen) atoms. The SMILES string of the molecule is Cc1[nH]c(=O)nc(OCc2ccccc2)c1Br. The van der Waals surface area contributed by atoms with Gasteiger partial charge in [-0.1, -0.05) is 30.3 Å². The Kier molecular flexibility index (Phi) is 3.58. The van der Waals surface area contributed by atoms with Crippen LogP contribution in [0.25, 0.3) is 0 Å². The van der Waals surface area contributed by atoms with Crippen molar-refractivity contribution in [3.8, 4) is 5.88 Å². The van der Waals surface area contributed by atoms with Crippen LogP contribution in [0.2, 0.25) is 0 Å². The third-order valence-electron chi connectivity index (χ3n) is 2.23. The van der Waals surface area contributed by atoms with Crippen LogP contribution in [0.1, 0.15) is 11.3 Å².